The highest BCUT2D eigenvalue weighted by atomic mass is 35.5. The van der Waals surface area contributed by atoms with Gasteiger partial charge in [-0.3, -0.25) is 19.3 Å². The lowest BCUT2D eigenvalue weighted by Gasteiger charge is -2.32. The Kier molecular flexibility index (Phi) is 5.75. The van der Waals surface area contributed by atoms with E-state index in [1.165, 1.54) is 36.7 Å². The van der Waals surface area contributed by atoms with Crippen molar-refractivity contribution < 1.29 is 9.18 Å². The molecule has 0 radical (unpaired) electrons. The van der Waals surface area contributed by atoms with Crippen LogP contribution in [-0.4, -0.2) is 43.2 Å². The van der Waals surface area contributed by atoms with E-state index in [0.29, 0.717) is 46.0 Å². The van der Waals surface area contributed by atoms with Gasteiger partial charge >= 0.3 is 0 Å². The Balaban J connectivity index is 1.59. The fraction of sp³-hybridized carbons (Fsp3) is 0.200. The number of pyridine rings is 2. The molecule has 7 nitrogen and oxygen atoms in total. The third-order valence-corrected chi connectivity index (χ3v) is 6.37. The zero-order valence-electron chi connectivity index (χ0n) is 18.2. The van der Waals surface area contributed by atoms with Crippen LogP contribution in [-0.2, 0) is 4.79 Å². The minimum absolute atomic E-state index is 0.0842. The molecule has 1 aliphatic heterocycles. The summed E-state index contributed by atoms with van der Waals surface area (Å²) in [4.78, 5) is 29.5. The maximum absolute atomic E-state index is 15.1. The van der Waals surface area contributed by atoms with E-state index in [1.54, 1.807) is 34.0 Å². The lowest BCUT2D eigenvalue weighted by Crippen LogP contribution is -2.40. The van der Waals surface area contributed by atoms with Gasteiger partial charge in [-0.05, 0) is 31.1 Å². The number of amides is 1. The number of piperidine rings is 1. The van der Waals surface area contributed by atoms with Crippen LogP contribution in [0.15, 0.2) is 72.6 Å². The van der Waals surface area contributed by atoms with Gasteiger partial charge in [0.05, 0.1) is 22.3 Å². The molecule has 34 heavy (non-hydrogen) atoms. The summed E-state index contributed by atoms with van der Waals surface area (Å²) in [7, 11) is 0. The topological polar surface area (TPSA) is 73.0 Å². The van der Waals surface area contributed by atoms with Crippen molar-refractivity contribution in [2.24, 2.45) is 0 Å². The summed E-state index contributed by atoms with van der Waals surface area (Å²) < 4.78 is 18.5. The first kappa shape index (κ1) is 22.0. The van der Waals surface area contributed by atoms with Crippen LogP contribution in [0.2, 0.25) is 5.02 Å². The molecular formula is C25H21ClFN5O2. The van der Waals surface area contributed by atoms with Crippen LogP contribution >= 0.6 is 11.6 Å². The molecule has 4 aromatic rings. The van der Waals surface area contributed by atoms with Crippen molar-refractivity contribution in [1.82, 2.24) is 24.2 Å². The number of rotatable bonds is 4. The summed E-state index contributed by atoms with van der Waals surface area (Å²) >= 11 is 6.53. The predicted molar refractivity (Wildman–Crippen MR) is 129 cm³/mol. The van der Waals surface area contributed by atoms with E-state index in [0.717, 1.165) is 12.8 Å². The first-order valence-electron chi connectivity index (χ1n) is 10.9. The first-order valence-corrected chi connectivity index (χ1v) is 11.3. The van der Waals surface area contributed by atoms with Gasteiger partial charge in [-0.1, -0.05) is 24.2 Å². The maximum atomic E-state index is 15.1. The summed E-state index contributed by atoms with van der Waals surface area (Å²) in [6, 6.07) is 7.50. The van der Waals surface area contributed by atoms with Crippen molar-refractivity contribution in [2.45, 2.75) is 18.9 Å². The summed E-state index contributed by atoms with van der Waals surface area (Å²) in [5.74, 6) is -0.575. The maximum Gasteiger partial charge on any atom is 0.246 e. The number of fused-ring (bicyclic) bond motifs is 1. The van der Waals surface area contributed by atoms with Gasteiger partial charge in [0.1, 0.15) is 11.5 Å². The van der Waals surface area contributed by atoms with Crippen LogP contribution in [0.3, 0.4) is 0 Å². The zero-order valence-corrected chi connectivity index (χ0v) is 19.0. The van der Waals surface area contributed by atoms with Crippen molar-refractivity contribution in [3.63, 3.8) is 0 Å². The first-order chi connectivity index (χ1) is 16.5. The third kappa shape index (κ3) is 3.90. The molecule has 1 aliphatic rings. The molecule has 5 rings (SSSR count). The minimum Gasteiger partial charge on any atom is -0.337 e. The number of carbonyl (C=O) groups is 1. The van der Waals surface area contributed by atoms with E-state index in [2.05, 4.69) is 11.6 Å². The average molecular weight is 478 g/mol. The lowest BCUT2D eigenvalue weighted by atomic mass is 10.1. The smallest absolute Gasteiger partial charge is 0.246 e. The highest BCUT2D eigenvalue weighted by Crippen LogP contribution is 2.36. The molecule has 3 aromatic heterocycles. The van der Waals surface area contributed by atoms with Crippen LogP contribution in [0.4, 0.5) is 4.39 Å². The molecule has 0 aliphatic carbocycles. The molecule has 9 heteroatoms. The van der Waals surface area contributed by atoms with Crippen LogP contribution in [0.1, 0.15) is 18.9 Å². The Bertz CT molecular complexity index is 1460. The van der Waals surface area contributed by atoms with Crippen molar-refractivity contribution in [1.29, 1.82) is 0 Å². The second kappa shape index (κ2) is 8.87. The number of carbonyl (C=O) groups excluding carboxylic acids is 1. The standard InChI is InChI=1S/C25H21ClFN5O2/c1-2-23(34)31-9-3-4-17(15-31)32-25-19(13-28-14-20(25)26)24(29-32)16-5-6-22(21(27)12-16)30-10-7-18(33)8-11-30/h2,5-8,10-14,17H,1,3-4,9,15H2/t17-/m1/s1. The van der Waals surface area contributed by atoms with Crippen LogP contribution < -0.4 is 5.43 Å². The number of aromatic nitrogens is 4. The Morgan fingerprint density at radius 2 is 2.00 bits per heavy atom. The summed E-state index contributed by atoms with van der Waals surface area (Å²) in [6.45, 7) is 4.74. The molecule has 1 fully saturated rings. The molecular weight excluding hydrogens is 457 g/mol. The fourth-order valence-corrected chi connectivity index (χ4v) is 4.69. The quantitative estimate of drug-likeness (QED) is 0.409. The monoisotopic (exact) mass is 477 g/mol. The normalized spacial score (nSPS) is 16.1. The summed E-state index contributed by atoms with van der Waals surface area (Å²) in [5, 5.41) is 5.97. The molecule has 0 saturated carbocycles. The highest BCUT2D eigenvalue weighted by Gasteiger charge is 2.27. The summed E-state index contributed by atoms with van der Waals surface area (Å²) in [5.41, 5.74) is 2.00. The van der Waals surface area contributed by atoms with Crippen LogP contribution in [0.5, 0.6) is 0 Å². The number of likely N-dealkylation sites (tertiary alicyclic amines) is 1. The van der Waals surface area contributed by atoms with E-state index in [9.17, 15) is 9.59 Å². The van der Waals surface area contributed by atoms with E-state index < -0.39 is 5.82 Å². The van der Waals surface area contributed by atoms with Gasteiger partial charge < -0.3 is 9.47 Å². The van der Waals surface area contributed by atoms with Gasteiger partial charge in [0.15, 0.2) is 5.43 Å². The SMILES string of the molecule is C=CC(=O)N1CCC[C@@H](n2nc(-c3ccc(-n4ccc(=O)cc4)c(F)c3)c3cncc(Cl)c32)C1. The van der Waals surface area contributed by atoms with Gasteiger partial charge in [-0.15, -0.1) is 0 Å². The molecule has 0 spiro atoms. The summed E-state index contributed by atoms with van der Waals surface area (Å²) in [6.07, 6.45) is 9.24. The number of halogens is 2. The number of hydrogen-bond acceptors (Lipinski definition) is 4. The third-order valence-electron chi connectivity index (χ3n) is 6.09. The molecule has 4 heterocycles. The zero-order chi connectivity index (χ0) is 23.8. The van der Waals surface area contributed by atoms with Gasteiger partial charge in [0.2, 0.25) is 5.91 Å². The number of hydrogen-bond donors (Lipinski definition) is 0. The largest absolute Gasteiger partial charge is 0.337 e. The molecule has 0 N–H and O–H groups in total. The second-order valence-electron chi connectivity index (χ2n) is 8.20. The van der Waals surface area contributed by atoms with Crippen molar-refractivity contribution in [3.05, 3.63) is 88.8 Å². The van der Waals surface area contributed by atoms with Gasteiger partial charge in [0.25, 0.3) is 0 Å². The van der Waals surface area contributed by atoms with Gasteiger partial charge in [-0.2, -0.15) is 5.10 Å². The lowest BCUT2D eigenvalue weighted by molar-refractivity contribution is -0.127. The fourth-order valence-electron chi connectivity index (χ4n) is 4.44. The molecule has 1 atom stereocenters. The minimum atomic E-state index is -0.459. The van der Waals surface area contributed by atoms with E-state index in [1.807, 2.05) is 4.68 Å². The van der Waals surface area contributed by atoms with Crippen LogP contribution in [0, 0.1) is 5.82 Å². The van der Waals surface area contributed by atoms with E-state index >= 15 is 4.39 Å². The van der Waals surface area contributed by atoms with Gasteiger partial charge in [0, 0.05) is 61.0 Å². The molecule has 1 aromatic carbocycles. The highest BCUT2D eigenvalue weighted by molar-refractivity contribution is 6.35. The number of benzene rings is 1. The molecule has 1 amide bonds. The Hall–Kier alpha value is -3.78. The number of nitrogens with zero attached hydrogens (tertiary/aromatic N) is 5. The van der Waals surface area contributed by atoms with Crippen molar-refractivity contribution in [2.75, 3.05) is 13.1 Å². The molecule has 0 unspecified atom stereocenters. The molecule has 0 bridgehead atoms. The van der Waals surface area contributed by atoms with E-state index in [4.69, 9.17) is 16.7 Å². The van der Waals surface area contributed by atoms with Gasteiger partial charge in [-0.25, -0.2) is 4.39 Å². The average Bonchev–Trinajstić information content (AvgIpc) is 3.25. The van der Waals surface area contributed by atoms with E-state index in [-0.39, 0.29) is 17.4 Å². The predicted octanol–water partition coefficient (Wildman–Crippen LogP) is 4.39. The molecule has 172 valence electrons. The second-order valence-corrected chi connectivity index (χ2v) is 8.61. The van der Waals surface area contributed by atoms with Crippen molar-refractivity contribution in [3.8, 4) is 16.9 Å². The molecule has 1 saturated heterocycles. The Labute approximate surface area is 199 Å². The Morgan fingerprint density at radius 3 is 2.74 bits per heavy atom. The Morgan fingerprint density at radius 1 is 1.21 bits per heavy atom. The van der Waals surface area contributed by atoms with Crippen molar-refractivity contribution >= 4 is 28.4 Å². The van der Waals surface area contributed by atoms with Crippen LogP contribution in [0.25, 0.3) is 27.8 Å².